The fraction of sp³-hybridized carbons (Fsp3) is 0.360. The molecule has 4 aromatic heterocycles. The van der Waals surface area contributed by atoms with Crippen molar-refractivity contribution >= 4 is 107 Å². The first-order valence-electron chi connectivity index (χ1n) is 43.5. The number of phosphoric ester groups is 3. The number of phosphoric acid groups is 3. The highest BCUT2D eigenvalue weighted by Crippen LogP contribution is 2.61. The van der Waals surface area contributed by atoms with Crippen molar-refractivity contribution in [3.63, 3.8) is 0 Å². The van der Waals surface area contributed by atoms with Crippen LogP contribution in [0.2, 0.25) is 0 Å². The van der Waals surface area contributed by atoms with E-state index in [1.807, 2.05) is 112 Å². The van der Waals surface area contributed by atoms with Gasteiger partial charge in [-0.15, -0.1) is 0 Å². The van der Waals surface area contributed by atoms with E-state index in [0.29, 0.717) is 68.3 Å². The van der Waals surface area contributed by atoms with E-state index in [2.05, 4.69) is 104 Å². The van der Waals surface area contributed by atoms with Crippen LogP contribution in [0.15, 0.2) is 121 Å². The molecule has 62 heteroatoms. The van der Waals surface area contributed by atoms with Crippen LogP contribution < -0.4 is 71.8 Å². The number of nitrogens with two attached hydrogens (primary N) is 1. The maximum absolute atomic E-state index is 12.5. The Kier molecular flexibility index (Phi) is 39.0. The molecule has 1 fully saturated rings. The number of anilines is 1. The average Bonchev–Trinajstić information content (AvgIpc) is 1.34. The van der Waals surface area contributed by atoms with Crippen LogP contribution in [-0.4, -0.2) is 254 Å². The van der Waals surface area contributed by atoms with Crippen molar-refractivity contribution in [2.75, 3.05) is 32.2 Å². The summed E-state index contributed by atoms with van der Waals surface area (Å²) >= 11 is 0. The van der Waals surface area contributed by atoms with Gasteiger partial charge in [-0.3, -0.25) is 67.5 Å². The van der Waals surface area contributed by atoms with Crippen LogP contribution in [0.3, 0.4) is 0 Å². The molecule has 0 amide bonds. The number of nitrogen functional groups attached to an aromatic ring is 1. The number of rotatable bonds is 25. The lowest BCUT2D eigenvalue weighted by Gasteiger charge is -2.28. The molecular formula is C86H106N25O34P3-2. The summed E-state index contributed by atoms with van der Waals surface area (Å²) in [5, 5.41) is 61.5. The highest BCUT2D eigenvalue weighted by molar-refractivity contribution is 7.61. The number of ether oxygens (including phenoxy) is 1. The van der Waals surface area contributed by atoms with Crippen LogP contribution in [0.5, 0.6) is 0 Å². The van der Waals surface area contributed by atoms with Gasteiger partial charge >= 0.3 is 44.1 Å². The first kappa shape index (κ1) is 119. The molecule has 9 aromatic rings. The van der Waals surface area contributed by atoms with Gasteiger partial charge in [-0.25, -0.2) is 78.0 Å². The van der Waals surface area contributed by atoms with Crippen LogP contribution in [0.1, 0.15) is 100 Å². The molecule has 0 bridgehead atoms. The number of aliphatic hydroxyl groups excluding tert-OH is 6. The van der Waals surface area contributed by atoms with Crippen molar-refractivity contribution in [3.05, 3.63) is 233 Å². The molecule has 1 saturated heterocycles. The van der Waals surface area contributed by atoms with Crippen molar-refractivity contribution in [1.82, 2.24) is 118 Å². The maximum Gasteiger partial charge on any atom is 0.481 e. The predicted octanol–water partition coefficient (Wildman–Crippen LogP) is -4.28. The number of nitrogens with zero attached hydrogens (tertiary/aromatic N) is 18. The summed E-state index contributed by atoms with van der Waals surface area (Å²) in [6.45, 7) is 17.6. The second kappa shape index (κ2) is 48.6. The Morgan fingerprint density at radius 2 is 0.784 bits per heavy atom. The topological polar surface area (TPSA) is 978 Å². The van der Waals surface area contributed by atoms with Gasteiger partial charge in [0.05, 0.1) is 127 Å². The second-order valence-corrected chi connectivity index (χ2v) is 37.8. The third-order valence-corrected chi connectivity index (χ3v) is 26.5. The van der Waals surface area contributed by atoms with Crippen LogP contribution in [-0.2, 0) is 63.0 Å². The number of benzene rings is 5. The van der Waals surface area contributed by atoms with Gasteiger partial charge < -0.3 is 121 Å². The Morgan fingerprint density at radius 1 is 0.426 bits per heavy atom. The minimum Gasteiger partial charge on any atom is -0.790 e. The third kappa shape index (κ3) is 27.0. The number of aromatic nitrogens is 24. The minimum absolute atomic E-state index is 0. The average molecular weight is 2130 g/mol. The molecule has 148 heavy (non-hydrogen) atoms. The summed E-state index contributed by atoms with van der Waals surface area (Å²) in [4.78, 5) is 226. The lowest BCUT2D eigenvalue weighted by atomic mass is 10.1. The number of fused-ring (bicyclic) bond motifs is 11. The Hall–Kier alpha value is -14.3. The molecule has 5 aromatic carbocycles. The predicted molar refractivity (Wildman–Crippen MR) is 527 cm³/mol. The van der Waals surface area contributed by atoms with Gasteiger partial charge in [0.25, 0.3) is 27.8 Å². The van der Waals surface area contributed by atoms with Crippen LogP contribution in [0.25, 0.3) is 124 Å². The Morgan fingerprint density at radius 3 is 1.20 bits per heavy atom. The molecule has 28 N–H and O–H groups in total. The molecule has 0 aliphatic carbocycles. The number of aryl methyl sites for hydroxylation is 11. The van der Waals surface area contributed by atoms with E-state index >= 15 is 0 Å². The fourth-order valence-corrected chi connectivity index (χ4v) is 17.9. The number of imidazole rings is 1. The highest BCUT2D eigenvalue weighted by atomic mass is 31.3. The van der Waals surface area contributed by atoms with Crippen LogP contribution >= 0.6 is 23.5 Å². The monoisotopic (exact) mass is 2130 g/mol. The van der Waals surface area contributed by atoms with Crippen LogP contribution in [0.4, 0.5) is 5.82 Å². The molecular weight excluding hydrogens is 2020 g/mol. The standard InChI is InChI=1S/C27H33N9O13P2.C17H21N4O7P.C17H20N4O4.C13H12N4O2.C12H10N4O2.6H2O/c1-12-6-15-16(7-13(12)2)35(24-19(32-15)25(40)34-27(41)33-24)8-14(37)4-3-5-46-50(42,43)49-51(44,45)47-9-17-20(38)21(39)26(48-17)36-11-31-18-22(28)29-10-30-23(18)36;1-9-6-12-13(7-10(9)2)21(8-11(22)4-3-5-28-29(25,26)27)15-14(18-12)16(23)20-17(24)19-15;1-9-6-12-13(7-10(9)2)21(8-11(23)4-3-5-22)15-14(18-12)16(24)20-17(25)19-15;1-6-4-8-9(5-7(6)2)17(3)11-10(14-8)12(18)16-13(19)15-11;1-5-3-7-8(4-6(5)2)14-10-9(13-7)11(17)16-12(18)15-10;;;;;;/h6-7,10-11,14,17,20-21,26,37-39H,3-5,8-9H2,1-2H3,(H,42,43)(H,44,45)(H2,28,29,30)(H,34,40,41);6-7,11,22H,3-5,8H2,1-2H3,(H,20,23,24)(H2,25,26,27);6-7,11,22-23H,3-5,8H2,1-2H3,(H,20,24,25);4-5H,1-3H3,(H,16,18,19);3-4H,1-2H3,(H2,14,15,16,17,18);6*1H2/p-2/t14?,17-,20+,21?,26-;;;;;;;;;;/m1........../s1. The van der Waals surface area contributed by atoms with Crippen molar-refractivity contribution < 1.29 is 119 Å². The third-order valence-electron chi connectivity index (χ3n) is 23.3. The number of nitrogens with one attached hydrogen (secondary N) is 6. The largest absolute Gasteiger partial charge is 0.790 e. The maximum atomic E-state index is 12.5. The van der Waals surface area contributed by atoms with Gasteiger partial charge in [0, 0.05) is 13.7 Å². The number of H-pyrrole nitrogens is 6. The Bertz CT molecular complexity index is 8460. The van der Waals surface area contributed by atoms with Gasteiger partial charge in [-0.05, 0) is 224 Å². The van der Waals surface area contributed by atoms with Crippen molar-refractivity contribution in [2.24, 2.45) is 7.05 Å². The van der Waals surface area contributed by atoms with Gasteiger partial charge in [-0.1, -0.05) is 0 Å². The van der Waals surface area contributed by atoms with Gasteiger partial charge in [0.15, 0.2) is 74.9 Å². The lowest BCUT2D eigenvalue weighted by molar-refractivity contribution is -0.341. The zero-order valence-electron chi connectivity index (χ0n) is 80.4. The summed E-state index contributed by atoms with van der Waals surface area (Å²) in [5.74, 6) is 0.493. The van der Waals surface area contributed by atoms with E-state index < -0.39 is 136 Å². The first-order chi connectivity index (χ1) is 67.0. The molecule has 59 nitrogen and oxygen atoms in total. The molecule has 13 heterocycles. The summed E-state index contributed by atoms with van der Waals surface area (Å²) in [6, 6.07) is 18.6. The molecule has 6 unspecified atom stereocenters. The number of aromatic amines is 6. The highest BCUT2D eigenvalue weighted by Gasteiger charge is 2.47. The van der Waals surface area contributed by atoms with E-state index in [9.17, 15) is 107 Å². The van der Waals surface area contributed by atoms with Gasteiger partial charge in [-0.2, -0.15) is 24.2 Å². The quantitative estimate of drug-likeness (QED) is 0.0146. The van der Waals surface area contributed by atoms with E-state index in [0.717, 1.165) is 67.5 Å². The molecule has 9 aliphatic rings. The molecule has 9 aliphatic heterocycles. The minimum atomic E-state index is -5.30. The zero-order chi connectivity index (χ0) is 103. The smallest absolute Gasteiger partial charge is 0.481 e. The molecule has 0 saturated carbocycles. The summed E-state index contributed by atoms with van der Waals surface area (Å²) in [5.41, 5.74) is 16.1. The van der Waals surface area contributed by atoms with E-state index in [1.165, 1.54) is 15.5 Å². The summed E-state index contributed by atoms with van der Waals surface area (Å²) < 4.78 is 66.8. The van der Waals surface area contributed by atoms with E-state index in [4.69, 9.17) is 24.6 Å². The Balaban J connectivity index is 0.000000237. The number of aliphatic hydroxyl groups is 6. The first-order valence-corrected chi connectivity index (χ1v) is 47.9. The van der Waals surface area contributed by atoms with Crippen molar-refractivity contribution in [2.45, 2.75) is 170 Å². The van der Waals surface area contributed by atoms with Crippen molar-refractivity contribution in [3.8, 4) is 46.1 Å². The molecule has 9 atom stereocenters. The summed E-state index contributed by atoms with van der Waals surface area (Å²) in [6.07, 6.45) is -5.32. The summed E-state index contributed by atoms with van der Waals surface area (Å²) in [7, 11) is -13.8. The molecule has 0 radical (unpaired) electrons. The molecule has 796 valence electrons. The molecule has 18 rings (SSSR count). The lowest BCUT2D eigenvalue weighted by Crippen LogP contribution is -2.33. The normalized spacial score (nSPS) is 15.3. The fourth-order valence-electron chi connectivity index (χ4n) is 15.4. The van der Waals surface area contributed by atoms with E-state index in [-0.39, 0.29) is 160 Å². The van der Waals surface area contributed by atoms with Crippen molar-refractivity contribution in [1.29, 1.82) is 0 Å². The number of hydrogen-bond acceptors (Lipinski definition) is 40. The zero-order valence-corrected chi connectivity index (χ0v) is 83.1. The SMILES string of the molecule is Cc1cc2nc3[nH]c(=O)[nH]c(=O)c3nc2cc1C.Cc1cc2nc3c(=O)[nH]c(=O)nc-3n(C)c2cc1C.Cc1cc2nc3c(=O)[nH]c(=O)nc-3n(CC(O)CCCO)c2cc1C.Cc1cc2nc3c(=O)[nH]c(=O)nc-3n(CC(O)CCCOP(=O)(O)OP(=O)(O)OC[C@H]3O[C@@H](n4cnc5c(N)ncnc54)C(O)[C@H]3O)c2cc1C.Cc1cc2nc3c(=O)[nH]c(=O)nc-3n(CC(O)CCCOP(=O)([O-])[O-])c2cc1C.O.O.O.O.O.O. The molecule has 0 spiro atoms. The second-order valence-electron chi connectivity index (χ2n) is 33.6. The van der Waals surface area contributed by atoms with Crippen LogP contribution in [0, 0.1) is 69.2 Å². The van der Waals surface area contributed by atoms with Gasteiger partial charge in [0.2, 0.25) is 0 Å². The Labute approximate surface area is 828 Å². The van der Waals surface area contributed by atoms with E-state index in [1.54, 1.807) is 38.9 Å². The number of hydrogen-bond donors (Lipinski definition) is 15. The van der Waals surface area contributed by atoms with Gasteiger partial charge in [0.1, 0.15) is 30.2 Å².